The van der Waals surface area contributed by atoms with Crippen molar-refractivity contribution in [2.75, 3.05) is 18.4 Å². The number of nitrogens with one attached hydrogen (secondary N) is 1. The number of hydrogen-bond acceptors (Lipinski definition) is 7. The van der Waals surface area contributed by atoms with Gasteiger partial charge in [0.1, 0.15) is 24.8 Å². The number of carbonyl (C=O) groups excluding carboxylic acids is 1. The zero-order valence-corrected chi connectivity index (χ0v) is 16.3. The first kappa shape index (κ1) is 19.2. The van der Waals surface area contributed by atoms with Gasteiger partial charge in [0.15, 0.2) is 5.82 Å². The molecule has 10 nitrogen and oxygen atoms in total. The van der Waals surface area contributed by atoms with Gasteiger partial charge in [0, 0.05) is 24.7 Å². The van der Waals surface area contributed by atoms with Crippen LogP contribution >= 0.6 is 0 Å². The van der Waals surface area contributed by atoms with Crippen molar-refractivity contribution in [2.45, 2.75) is 24.2 Å². The van der Waals surface area contributed by atoms with Crippen molar-refractivity contribution in [3.8, 4) is 5.82 Å². The van der Waals surface area contributed by atoms with Crippen LogP contribution in [0.15, 0.2) is 54.2 Å². The van der Waals surface area contributed by atoms with Crippen molar-refractivity contribution in [3.05, 3.63) is 54.9 Å². The molecule has 0 spiro atoms. The van der Waals surface area contributed by atoms with Gasteiger partial charge in [-0.2, -0.15) is 9.40 Å². The number of hydrogen-bond donors (Lipinski definition) is 1. The number of piperidine rings is 1. The largest absolute Gasteiger partial charge is 0.306 e. The minimum atomic E-state index is -3.53. The molecule has 2 aromatic heterocycles. The molecule has 0 bridgehead atoms. The summed E-state index contributed by atoms with van der Waals surface area (Å²) in [5.74, 6) is 0.339. The molecule has 11 heteroatoms. The summed E-state index contributed by atoms with van der Waals surface area (Å²) >= 11 is 0. The molecule has 29 heavy (non-hydrogen) atoms. The van der Waals surface area contributed by atoms with Gasteiger partial charge < -0.3 is 5.32 Å². The summed E-state index contributed by atoms with van der Waals surface area (Å²) in [5.41, 5.74) is 0.323. The van der Waals surface area contributed by atoms with E-state index in [9.17, 15) is 13.2 Å². The monoisotopic (exact) mass is 413 g/mol. The van der Waals surface area contributed by atoms with Crippen LogP contribution in [0.3, 0.4) is 0 Å². The SMILES string of the molecule is O=C(Nc1cc(-n2cncn2)ncn1)c1ccc(S(=O)(=O)N2CCCCC2)cc1. The van der Waals surface area contributed by atoms with Gasteiger partial charge in [0.2, 0.25) is 10.0 Å². The van der Waals surface area contributed by atoms with Gasteiger partial charge in [-0.25, -0.2) is 28.1 Å². The van der Waals surface area contributed by atoms with Gasteiger partial charge >= 0.3 is 0 Å². The smallest absolute Gasteiger partial charge is 0.256 e. The standard InChI is InChI=1S/C18H19N7O3S/c26-18(23-16-10-17(21-12-20-16)25-13-19-11-22-25)14-4-6-15(7-5-14)29(27,28)24-8-2-1-3-9-24/h4-7,10-13H,1-3,8-9H2,(H,20,21,23,26). The van der Waals surface area contributed by atoms with Crippen molar-refractivity contribution in [3.63, 3.8) is 0 Å². The quantitative estimate of drug-likeness (QED) is 0.672. The third kappa shape index (κ3) is 4.15. The van der Waals surface area contributed by atoms with Crippen LogP contribution in [0.5, 0.6) is 0 Å². The predicted molar refractivity (Wildman–Crippen MR) is 104 cm³/mol. The van der Waals surface area contributed by atoms with E-state index in [0.29, 0.717) is 30.3 Å². The Balaban J connectivity index is 1.48. The van der Waals surface area contributed by atoms with Crippen LogP contribution in [0.4, 0.5) is 5.82 Å². The van der Waals surface area contributed by atoms with Crippen LogP contribution in [0.2, 0.25) is 0 Å². The average Bonchev–Trinajstić information content (AvgIpc) is 3.30. The number of anilines is 1. The van der Waals surface area contributed by atoms with Gasteiger partial charge in [-0.3, -0.25) is 4.79 Å². The molecule has 1 fully saturated rings. The molecule has 3 heterocycles. The van der Waals surface area contributed by atoms with Crippen LogP contribution in [-0.4, -0.2) is 56.5 Å². The summed E-state index contributed by atoms with van der Waals surface area (Å²) in [6.07, 6.45) is 6.95. The number of benzene rings is 1. The van der Waals surface area contributed by atoms with Crippen molar-refractivity contribution in [2.24, 2.45) is 0 Å². The second-order valence-corrected chi connectivity index (χ2v) is 8.48. The third-order valence-corrected chi connectivity index (χ3v) is 6.53. The fraction of sp³-hybridized carbons (Fsp3) is 0.278. The van der Waals surface area contributed by atoms with Gasteiger partial charge in [-0.1, -0.05) is 6.42 Å². The molecule has 150 valence electrons. The number of amides is 1. The van der Waals surface area contributed by atoms with Crippen LogP contribution in [0.1, 0.15) is 29.6 Å². The summed E-state index contributed by atoms with van der Waals surface area (Å²) in [6, 6.07) is 7.46. The fourth-order valence-corrected chi connectivity index (χ4v) is 4.61. The fourth-order valence-electron chi connectivity index (χ4n) is 3.09. The lowest BCUT2D eigenvalue weighted by atomic mass is 10.2. The molecule has 1 saturated heterocycles. The first-order valence-corrected chi connectivity index (χ1v) is 10.6. The first-order valence-electron chi connectivity index (χ1n) is 9.13. The zero-order valence-electron chi connectivity index (χ0n) is 15.5. The highest BCUT2D eigenvalue weighted by Gasteiger charge is 2.26. The predicted octanol–water partition coefficient (Wildman–Crippen LogP) is 1.48. The minimum Gasteiger partial charge on any atom is -0.306 e. The van der Waals surface area contributed by atoms with E-state index in [2.05, 4.69) is 25.4 Å². The van der Waals surface area contributed by atoms with E-state index in [0.717, 1.165) is 19.3 Å². The highest BCUT2D eigenvalue weighted by Crippen LogP contribution is 2.21. The Morgan fingerprint density at radius 1 is 1.00 bits per heavy atom. The van der Waals surface area contributed by atoms with Crippen LogP contribution < -0.4 is 5.32 Å². The number of rotatable bonds is 5. The van der Waals surface area contributed by atoms with Crippen molar-refractivity contribution in [1.82, 2.24) is 29.0 Å². The lowest BCUT2D eigenvalue weighted by molar-refractivity contribution is 0.102. The Morgan fingerprint density at radius 3 is 2.45 bits per heavy atom. The van der Waals surface area contributed by atoms with Gasteiger partial charge in [0.05, 0.1) is 4.90 Å². The lowest BCUT2D eigenvalue weighted by Gasteiger charge is -2.25. The molecular weight excluding hydrogens is 394 g/mol. The summed E-state index contributed by atoms with van der Waals surface area (Å²) in [5, 5.41) is 6.65. The maximum Gasteiger partial charge on any atom is 0.256 e. The van der Waals surface area contributed by atoms with Crippen LogP contribution in [0.25, 0.3) is 5.82 Å². The van der Waals surface area contributed by atoms with Crippen LogP contribution in [0, 0.1) is 0 Å². The molecule has 0 atom stereocenters. The van der Waals surface area contributed by atoms with E-state index in [1.165, 1.54) is 52.2 Å². The molecule has 4 rings (SSSR count). The van der Waals surface area contributed by atoms with Crippen molar-refractivity contribution < 1.29 is 13.2 Å². The lowest BCUT2D eigenvalue weighted by Crippen LogP contribution is -2.35. The molecule has 3 aromatic rings. The molecule has 1 N–H and O–H groups in total. The van der Waals surface area contributed by atoms with Gasteiger partial charge in [0.25, 0.3) is 5.91 Å². The Morgan fingerprint density at radius 2 is 1.76 bits per heavy atom. The maximum atomic E-state index is 12.7. The number of carbonyl (C=O) groups is 1. The molecule has 0 unspecified atom stereocenters. The molecule has 1 aliphatic heterocycles. The topological polar surface area (TPSA) is 123 Å². The van der Waals surface area contributed by atoms with E-state index < -0.39 is 15.9 Å². The van der Waals surface area contributed by atoms with Crippen molar-refractivity contribution in [1.29, 1.82) is 0 Å². The molecular formula is C18H19N7O3S. The molecule has 0 radical (unpaired) electrons. The molecule has 1 aromatic carbocycles. The van der Waals surface area contributed by atoms with E-state index in [-0.39, 0.29) is 4.90 Å². The first-order chi connectivity index (χ1) is 14.0. The maximum absolute atomic E-state index is 12.7. The highest BCUT2D eigenvalue weighted by atomic mass is 32.2. The molecule has 1 aliphatic rings. The second kappa shape index (κ2) is 8.05. The molecule has 0 saturated carbocycles. The van der Waals surface area contributed by atoms with Gasteiger partial charge in [-0.15, -0.1) is 0 Å². The van der Waals surface area contributed by atoms with E-state index in [1.807, 2.05) is 0 Å². The zero-order chi connectivity index (χ0) is 20.3. The number of sulfonamides is 1. The second-order valence-electron chi connectivity index (χ2n) is 6.54. The normalized spacial score (nSPS) is 15.2. The Hall–Kier alpha value is -3.18. The Bertz CT molecular complexity index is 1090. The van der Waals surface area contributed by atoms with E-state index in [4.69, 9.17) is 0 Å². The summed E-state index contributed by atoms with van der Waals surface area (Å²) in [6.45, 7) is 1.07. The van der Waals surface area contributed by atoms with Gasteiger partial charge in [-0.05, 0) is 37.1 Å². The van der Waals surface area contributed by atoms with E-state index >= 15 is 0 Å². The van der Waals surface area contributed by atoms with Crippen molar-refractivity contribution >= 4 is 21.7 Å². The number of aromatic nitrogens is 5. The number of nitrogens with zero attached hydrogens (tertiary/aromatic N) is 6. The molecule has 1 amide bonds. The Kier molecular flexibility index (Phi) is 5.32. The van der Waals surface area contributed by atoms with Crippen LogP contribution in [-0.2, 0) is 10.0 Å². The Labute approximate surface area is 167 Å². The van der Waals surface area contributed by atoms with E-state index in [1.54, 1.807) is 6.07 Å². The summed E-state index contributed by atoms with van der Waals surface area (Å²) in [4.78, 5) is 24.6. The minimum absolute atomic E-state index is 0.187. The summed E-state index contributed by atoms with van der Waals surface area (Å²) in [7, 11) is -3.53. The highest BCUT2D eigenvalue weighted by molar-refractivity contribution is 7.89. The summed E-state index contributed by atoms with van der Waals surface area (Å²) < 4.78 is 28.3. The average molecular weight is 413 g/mol. The third-order valence-electron chi connectivity index (χ3n) is 4.62. The molecule has 0 aliphatic carbocycles.